The number of pyridine rings is 1. The Hall–Kier alpha value is -1.39. The van der Waals surface area contributed by atoms with Gasteiger partial charge in [-0.2, -0.15) is 0 Å². The molecule has 21 heavy (non-hydrogen) atoms. The van der Waals surface area contributed by atoms with E-state index >= 15 is 0 Å². The maximum absolute atomic E-state index is 11.0. The molecule has 2 aliphatic carbocycles. The highest BCUT2D eigenvalue weighted by Crippen LogP contribution is 2.45. The molecule has 2 aromatic rings. The first kappa shape index (κ1) is 13.3. The maximum atomic E-state index is 11.0. The number of nitrogens with zero attached hydrogens (tertiary/aromatic N) is 2. The van der Waals surface area contributed by atoms with Gasteiger partial charge in [-0.3, -0.25) is 0 Å². The normalized spacial score (nSPS) is 27.9. The minimum absolute atomic E-state index is 0.180. The summed E-state index contributed by atoms with van der Waals surface area (Å²) in [4.78, 5) is 4.23. The fourth-order valence-corrected chi connectivity index (χ4v) is 3.72. The average molecular weight is 286 g/mol. The highest BCUT2D eigenvalue weighted by molar-refractivity contribution is 5.50. The molecule has 2 aromatic heterocycles. The highest BCUT2D eigenvalue weighted by atomic mass is 16.3. The van der Waals surface area contributed by atoms with Crippen LogP contribution in [-0.4, -0.2) is 25.7 Å². The summed E-state index contributed by atoms with van der Waals surface area (Å²) in [5, 5.41) is 20.6. The van der Waals surface area contributed by atoms with Crippen LogP contribution >= 0.6 is 0 Å². The second-order valence-corrected chi connectivity index (χ2v) is 6.65. The Morgan fingerprint density at radius 3 is 2.57 bits per heavy atom. The number of rotatable bonds is 3. The van der Waals surface area contributed by atoms with E-state index in [1.165, 1.54) is 18.4 Å². The Morgan fingerprint density at radius 1 is 1.10 bits per heavy atom. The van der Waals surface area contributed by atoms with Gasteiger partial charge in [0.05, 0.1) is 35.9 Å². The van der Waals surface area contributed by atoms with E-state index in [-0.39, 0.29) is 12.0 Å². The summed E-state index contributed by atoms with van der Waals surface area (Å²) in [7, 11) is 0. The molecule has 0 saturated heterocycles. The Balaban J connectivity index is 1.73. The zero-order valence-corrected chi connectivity index (χ0v) is 12.2. The zero-order valence-electron chi connectivity index (χ0n) is 12.2. The number of fused-ring (bicyclic) bond motifs is 1. The predicted molar refractivity (Wildman–Crippen MR) is 80.1 cm³/mol. The minimum Gasteiger partial charge on any atom is -0.393 e. The number of aliphatic hydroxyl groups excluding tert-OH is 2. The molecule has 1 unspecified atom stereocenters. The lowest BCUT2D eigenvalue weighted by Crippen LogP contribution is -2.24. The first-order valence-electron chi connectivity index (χ1n) is 8.05. The van der Waals surface area contributed by atoms with Crippen LogP contribution in [0.3, 0.4) is 0 Å². The Labute approximate surface area is 124 Å². The average Bonchev–Trinajstić information content (AvgIpc) is 3.23. The van der Waals surface area contributed by atoms with Gasteiger partial charge in [0.1, 0.15) is 0 Å². The fraction of sp³-hybridized carbons (Fsp3) is 0.588. The summed E-state index contributed by atoms with van der Waals surface area (Å²) < 4.78 is 2.06. The topological polar surface area (TPSA) is 57.8 Å². The van der Waals surface area contributed by atoms with Gasteiger partial charge in [-0.15, -0.1) is 0 Å². The molecule has 4 heteroatoms. The lowest BCUT2D eigenvalue weighted by molar-refractivity contribution is 0.0382. The van der Waals surface area contributed by atoms with Crippen LogP contribution in [0, 0.1) is 5.92 Å². The van der Waals surface area contributed by atoms with Crippen LogP contribution in [0.5, 0.6) is 0 Å². The number of aliphatic hydroxyl groups is 2. The van der Waals surface area contributed by atoms with Crippen molar-refractivity contribution in [2.75, 3.05) is 0 Å². The van der Waals surface area contributed by atoms with Crippen molar-refractivity contribution < 1.29 is 10.2 Å². The van der Waals surface area contributed by atoms with Crippen LogP contribution in [0.1, 0.15) is 61.8 Å². The first-order valence-corrected chi connectivity index (χ1v) is 8.05. The Bertz CT molecular complexity index is 639. The van der Waals surface area contributed by atoms with Crippen LogP contribution in [-0.2, 0) is 0 Å². The zero-order chi connectivity index (χ0) is 14.4. The van der Waals surface area contributed by atoms with Crippen LogP contribution in [0.2, 0.25) is 0 Å². The molecule has 2 fully saturated rings. The smallest absolute Gasteiger partial charge is 0.0995 e. The van der Waals surface area contributed by atoms with Gasteiger partial charge >= 0.3 is 0 Å². The molecule has 0 aromatic carbocycles. The van der Waals surface area contributed by atoms with Crippen LogP contribution in [0.4, 0.5) is 0 Å². The highest BCUT2D eigenvalue weighted by Gasteiger charge is 2.33. The van der Waals surface area contributed by atoms with E-state index in [4.69, 9.17) is 0 Å². The third kappa shape index (κ3) is 2.36. The number of imidazole rings is 1. The molecular formula is C17H22N2O2. The Morgan fingerprint density at radius 2 is 1.86 bits per heavy atom. The van der Waals surface area contributed by atoms with Gasteiger partial charge in [0.2, 0.25) is 0 Å². The molecular weight excluding hydrogens is 264 g/mol. The van der Waals surface area contributed by atoms with Crippen molar-refractivity contribution >= 4 is 5.52 Å². The van der Waals surface area contributed by atoms with E-state index in [2.05, 4.69) is 21.5 Å². The molecule has 0 spiro atoms. The van der Waals surface area contributed by atoms with Crippen molar-refractivity contribution in [2.45, 2.75) is 56.7 Å². The van der Waals surface area contributed by atoms with E-state index in [0.29, 0.717) is 5.92 Å². The summed E-state index contributed by atoms with van der Waals surface area (Å²) in [6.07, 6.45) is 8.89. The van der Waals surface area contributed by atoms with Gasteiger partial charge < -0.3 is 14.6 Å². The third-order valence-corrected chi connectivity index (χ3v) is 5.14. The van der Waals surface area contributed by atoms with Crippen LogP contribution < -0.4 is 0 Å². The number of aromatic nitrogens is 2. The van der Waals surface area contributed by atoms with Gasteiger partial charge in [-0.1, -0.05) is 6.07 Å². The third-order valence-electron chi connectivity index (χ3n) is 5.14. The van der Waals surface area contributed by atoms with Crippen LogP contribution in [0.15, 0.2) is 24.7 Å². The molecule has 0 amide bonds. The molecule has 0 aliphatic heterocycles. The van der Waals surface area contributed by atoms with E-state index in [9.17, 15) is 10.2 Å². The quantitative estimate of drug-likeness (QED) is 0.912. The molecule has 112 valence electrons. The number of hydrogen-bond donors (Lipinski definition) is 2. The van der Waals surface area contributed by atoms with Gasteiger partial charge in [-0.25, -0.2) is 4.98 Å². The van der Waals surface area contributed by atoms with Gasteiger partial charge in [-0.05, 0) is 62.0 Å². The first-order chi connectivity index (χ1) is 10.2. The molecule has 1 atom stereocenters. The van der Waals surface area contributed by atoms with Crippen molar-refractivity contribution in [1.82, 2.24) is 9.38 Å². The minimum atomic E-state index is -0.453. The summed E-state index contributed by atoms with van der Waals surface area (Å²) in [5.41, 5.74) is 3.37. The number of hydrogen-bond acceptors (Lipinski definition) is 3. The lowest BCUT2D eigenvalue weighted by Gasteiger charge is -2.30. The monoisotopic (exact) mass is 286 g/mol. The molecule has 2 N–H and O–H groups in total. The van der Waals surface area contributed by atoms with Gasteiger partial charge in [0, 0.05) is 0 Å². The largest absolute Gasteiger partial charge is 0.393 e. The second kappa shape index (κ2) is 5.11. The van der Waals surface area contributed by atoms with E-state index in [1.807, 2.05) is 12.5 Å². The van der Waals surface area contributed by atoms with E-state index in [1.54, 1.807) is 0 Å². The lowest BCUT2D eigenvalue weighted by atomic mass is 9.81. The van der Waals surface area contributed by atoms with E-state index in [0.717, 1.165) is 36.9 Å². The van der Waals surface area contributed by atoms with Crippen molar-refractivity contribution in [3.05, 3.63) is 35.9 Å². The standard InChI is InChI=1S/C17H22N2O2/c20-14-6-3-12(4-7-14)17(21)16-15(11-1-2-11)8-5-13-9-18-10-19(13)16/h5,8-12,14,17,20-21H,1-4,6-7H2. The van der Waals surface area contributed by atoms with Crippen LogP contribution in [0.25, 0.3) is 5.52 Å². The van der Waals surface area contributed by atoms with Gasteiger partial charge in [0.25, 0.3) is 0 Å². The molecule has 0 radical (unpaired) electrons. The SMILES string of the molecule is OC1CCC(C(O)c2c(C3CC3)ccc3cncn23)CC1. The molecule has 2 aliphatic rings. The van der Waals surface area contributed by atoms with Crippen molar-refractivity contribution in [3.8, 4) is 0 Å². The summed E-state index contributed by atoms with van der Waals surface area (Å²) in [6.45, 7) is 0. The Kier molecular flexibility index (Phi) is 3.23. The van der Waals surface area contributed by atoms with Crippen molar-refractivity contribution in [2.24, 2.45) is 5.92 Å². The van der Waals surface area contributed by atoms with Crippen molar-refractivity contribution in [3.63, 3.8) is 0 Å². The second-order valence-electron chi connectivity index (χ2n) is 6.65. The van der Waals surface area contributed by atoms with E-state index < -0.39 is 6.10 Å². The summed E-state index contributed by atoms with van der Waals surface area (Å²) >= 11 is 0. The molecule has 2 saturated carbocycles. The molecule has 4 nitrogen and oxygen atoms in total. The summed E-state index contributed by atoms with van der Waals surface area (Å²) in [5.74, 6) is 0.856. The predicted octanol–water partition coefficient (Wildman–Crippen LogP) is 2.80. The molecule has 4 rings (SSSR count). The molecule has 0 bridgehead atoms. The summed E-state index contributed by atoms with van der Waals surface area (Å²) in [6, 6.07) is 4.27. The fourth-order valence-electron chi connectivity index (χ4n) is 3.72. The van der Waals surface area contributed by atoms with Gasteiger partial charge in [0.15, 0.2) is 0 Å². The molecule has 2 heterocycles. The van der Waals surface area contributed by atoms with Crippen molar-refractivity contribution in [1.29, 1.82) is 0 Å². The maximum Gasteiger partial charge on any atom is 0.0995 e.